The number of ether oxygens (including phenoxy) is 1. The maximum atomic E-state index is 11.7. The molecule has 1 aliphatic rings. The predicted octanol–water partition coefficient (Wildman–Crippen LogP) is 1.72. The number of esters is 1. The number of hydrogen-bond donors (Lipinski definition) is 1. The Bertz CT molecular complexity index is 209. The molecule has 0 radical (unpaired) electrons. The number of carbonyl (C=O) groups is 1. The molecule has 1 N–H and O–H groups in total. The molecule has 3 nitrogen and oxygen atoms in total. The lowest BCUT2D eigenvalue weighted by Gasteiger charge is -2.40. The number of nitrogens with one attached hydrogen (secondary N) is 1. The highest BCUT2D eigenvalue weighted by atomic mass is 16.5. The first kappa shape index (κ1) is 11.5. The first-order valence-corrected chi connectivity index (χ1v) is 5.50. The zero-order chi connectivity index (χ0) is 10.8. The molecule has 0 aromatic rings. The van der Waals surface area contributed by atoms with Crippen LogP contribution in [0.2, 0.25) is 0 Å². The first-order valence-electron chi connectivity index (χ1n) is 5.50. The summed E-state index contributed by atoms with van der Waals surface area (Å²) in [5.74, 6) is 0.417. The van der Waals surface area contributed by atoms with E-state index in [4.69, 9.17) is 4.74 Å². The second-order valence-electron chi connectivity index (χ2n) is 4.38. The van der Waals surface area contributed by atoms with Gasteiger partial charge in [-0.25, -0.2) is 0 Å². The zero-order valence-corrected chi connectivity index (χ0v) is 9.59. The molecular weight excluding hydrogens is 178 g/mol. The minimum atomic E-state index is -0.437. The number of rotatable bonds is 3. The second-order valence-corrected chi connectivity index (χ2v) is 4.38. The van der Waals surface area contributed by atoms with Crippen LogP contribution in [0.25, 0.3) is 0 Å². The third-order valence-electron chi connectivity index (χ3n) is 3.26. The monoisotopic (exact) mass is 199 g/mol. The average Bonchev–Trinajstić information content (AvgIpc) is 2.19. The summed E-state index contributed by atoms with van der Waals surface area (Å²) < 4.78 is 5.25. The van der Waals surface area contributed by atoms with Crippen LogP contribution in [0.3, 0.4) is 0 Å². The lowest BCUT2D eigenvalue weighted by atomic mass is 9.88. The zero-order valence-electron chi connectivity index (χ0n) is 9.59. The Kier molecular flexibility index (Phi) is 3.53. The number of carbonyl (C=O) groups excluding carboxylic acids is 1. The maximum absolute atomic E-state index is 11.7. The molecule has 1 rings (SSSR count). The van der Waals surface area contributed by atoms with Gasteiger partial charge in [0.2, 0.25) is 0 Å². The third-order valence-corrected chi connectivity index (χ3v) is 3.26. The fraction of sp³-hybridized carbons (Fsp3) is 0.909. The molecule has 3 heteroatoms. The van der Waals surface area contributed by atoms with E-state index in [1.165, 1.54) is 0 Å². The molecule has 0 aromatic carbocycles. The summed E-state index contributed by atoms with van der Waals surface area (Å²) >= 11 is 0. The van der Waals surface area contributed by atoms with E-state index in [-0.39, 0.29) is 5.97 Å². The molecule has 82 valence electrons. The molecule has 0 bridgehead atoms. The van der Waals surface area contributed by atoms with Crippen LogP contribution in [0.15, 0.2) is 0 Å². The minimum absolute atomic E-state index is 0.0839. The van der Waals surface area contributed by atoms with Crippen molar-refractivity contribution < 1.29 is 9.53 Å². The van der Waals surface area contributed by atoms with E-state index >= 15 is 0 Å². The Labute approximate surface area is 86.2 Å². The van der Waals surface area contributed by atoms with E-state index in [9.17, 15) is 4.79 Å². The summed E-state index contributed by atoms with van der Waals surface area (Å²) in [5.41, 5.74) is -0.437. The van der Waals surface area contributed by atoms with Crippen molar-refractivity contribution in [3.63, 3.8) is 0 Å². The summed E-state index contributed by atoms with van der Waals surface area (Å²) in [6, 6.07) is 0.299. The van der Waals surface area contributed by atoms with Gasteiger partial charge in [-0.1, -0.05) is 27.7 Å². The van der Waals surface area contributed by atoms with Gasteiger partial charge in [0.25, 0.3) is 0 Å². The van der Waals surface area contributed by atoms with Gasteiger partial charge in [0.05, 0.1) is 0 Å². The number of hydrogen-bond acceptors (Lipinski definition) is 3. The summed E-state index contributed by atoms with van der Waals surface area (Å²) in [5, 5.41) is 3.44. The third kappa shape index (κ3) is 1.92. The molecule has 14 heavy (non-hydrogen) atoms. The van der Waals surface area contributed by atoms with Crippen molar-refractivity contribution in [2.75, 3.05) is 6.61 Å². The van der Waals surface area contributed by atoms with Gasteiger partial charge in [0.1, 0.15) is 12.1 Å². The molecule has 0 saturated carbocycles. The van der Waals surface area contributed by atoms with E-state index in [0.717, 1.165) is 12.8 Å². The van der Waals surface area contributed by atoms with E-state index in [0.29, 0.717) is 18.6 Å². The van der Waals surface area contributed by atoms with Gasteiger partial charge in [0.15, 0.2) is 0 Å². The second kappa shape index (κ2) is 4.30. The summed E-state index contributed by atoms with van der Waals surface area (Å²) in [4.78, 5) is 11.7. The van der Waals surface area contributed by atoms with Crippen LogP contribution < -0.4 is 5.32 Å². The van der Waals surface area contributed by atoms with E-state index in [1.807, 2.05) is 13.8 Å². The fourth-order valence-corrected chi connectivity index (χ4v) is 1.86. The van der Waals surface area contributed by atoms with Gasteiger partial charge in [0, 0.05) is 6.04 Å². The van der Waals surface area contributed by atoms with Gasteiger partial charge < -0.3 is 4.74 Å². The Morgan fingerprint density at radius 2 is 2.07 bits per heavy atom. The Morgan fingerprint density at radius 1 is 1.50 bits per heavy atom. The average molecular weight is 199 g/mol. The van der Waals surface area contributed by atoms with Gasteiger partial charge in [-0.2, -0.15) is 0 Å². The molecule has 1 fully saturated rings. The van der Waals surface area contributed by atoms with Gasteiger partial charge in [-0.15, -0.1) is 0 Å². The smallest absolute Gasteiger partial charge is 0.326 e. The van der Waals surface area contributed by atoms with E-state index in [2.05, 4.69) is 19.2 Å². The summed E-state index contributed by atoms with van der Waals surface area (Å²) in [6.45, 7) is 8.86. The van der Waals surface area contributed by atoms with Crippen molar-refractivity contribution >= 4 is 5.97 Å². The predicted molar refractivity (Wildman–Crippen MR) is 56.0 cm³/mol. The van der Waals surface area contributed by atoms with Crippen molar-refractivity contribution in [3.05, 3.63) is 0 Å². The van der Waals surface area contributed by atoms with Crippen molar-refractivity contribution in [3.8, 4) is 0 Å². The van der Waals surface area contributed by atoms with Crippen LogP contribution in [0.1, 0.15) is 40.5 Å². The Hall–Kier alpha value is -0.570. The Balaban J connectivity index is 2.77. The molecular formula is C11H21NO2. The molecule has 1 unspecified atom stereocenters. The minimum Gasteiger partial charge on any atom is -0.463 e. The molecule has 1 saturated heterocycles. The van der Waals surface area contributed by atoms with Gasteiger partial charge in [-0.05, 0) is 18.8 Å². The topological polar surface area (TPSA) is 38.3 Å². The highest BCUT2D eigenvalue weighted by molar-refractivity contribution is 5.81. The molecule has 0 aliphatic carbocycles. The summed E-state index contributed by atoms with van der Waals surface area (Å²) in [6.07, 6.45) is 1.59. The maximum Gasteiger partial charge on any atom is 0.326 e. The number of morpholine rings is 1. The van der Waals surface area contributed by atoms with Crippen LogP contribution in [0, 0.1) is 5.92 Å². The van der Waals surface area contributed by atoms with Crippen LogP contribution in [-0.2, 0) is 9.53 Å². The molecule has 0 aromatic heterocycles. The highest BCUT2D eigenvalue weighted by Crippen LogP contribution is 2.24. The lowest BCUT2D eigenvalue weighted by Crippen LogP contribution is -2.62. The van der Waals surface area contributed by atoms with Crippen LogP contribution in [0.4, 0.5) is 0 Å². The quantitative estimate of drug-likeness (QED) is 0.703. The van der Waals surface area contributed by atoms with Crippen molar-refractivity contribution in [1.29, 1.82) is 0 Å². The molecule has 1 aliphatic heterocycles. The SMILES string of the molecule is CCC1(CC)NC(C(C)C)COC1=O. The highest BCUT2D eigenvalue weighted by Gasteiger charge is 2.42. The molecule has 1 atom stereocenters. The van der Waals surface area contributed by atoms with Gasteiger partial charge in [-0.3, -0.25) is 10.1 Å². The molecule has 0 amide bonds. The van der Waals surface area contributed by atoms with Gasteiger partial charge >= 0.3 is 5.97 Å². The van der Waals surface area contributed by atoms with Crippen molar-refractivity contribution in [1.82, 2.24) is 5.32 Å². The van der Waals surface area contributed by atoms with E-state index in [1.54, 1.807) is 0 Å². The molecule has 0 spiro atoms. The largest absolute Gasteiger partial charge is 0.463 e. The summed E-state index contributed by atoms with van der Waals surface area (Å²) in [7, 11) is 0. The van der Waals surface area contributed by atoms with Crippen molar-refractivity contribution in [2.45, 2.75) is 52.1 Å². The van der Waals surface area contributed by atoms with Crippen LogP contribution in [-0.4, -0.2) is 24.2 Å². The lowest BCUT2D eigenvalue weighted by molar-refractivity contribution is -0.160. The molecule has 1 heterocycles. The fourth-order valence-electron chi connectivity index (χ4n) is 1.86. The normalized spacial score (nSPS) is 26.4. The standard InChI is InChI=1S/C11H21NO2/c1-5-11(6-2)10(13)14-7-9(12-11)8(3)4/h8-9,12H,5-7H2,1-4H3. The van der Waals surface area contributed by atoms with Crippen LogP contribution >= 0.6 is 0 Å². The first-order chi connectivity index (χ1) is 6.55. The van der Waals surface area contributed by atoms with Crippen LogP contribution in [0.5, 0.6) is 0 Å². The number of cyclic esters (lactones) is 1. The van der Waals surface area contributed by atoms with Crippen molar-refractivity contribution in [2.24, 2.45) is 5.92 Å². The van der Waals surface area contributed by atoms with E-state index < -0.39 is 5.54 Å². The Morgan fingerprint density at radius 3 is 2.50 bits per heavy atom.